The fourth-order valence-corrected chi connectivity index (χ4v) is 1.92. The van der Waals surface area contributed by atoms with Crippen molar-refractivity contribution in [1.82, 2.24) is 5.32 Å². The van der Waals surface area contributed by atoms with Crippen LogP contribution in [-0.2, 0) is 0 Å². The molecule has 104 valence electrons. The fourth-order valence-electron chi connectivity index (χ4n) is 1.92. The lowest BCUT2D eigenvalue weighted by Gasteiger charge is -2.15. The van der Waals surface area contributed by atoms with Crippen LogP contribution in [0.5, 0.6) is 0 Å². The summed E-state index contributed by atoms with van der Waals surface area (Å²) in [6, 6.07) is 9.86. The predicted octanol–water partition coefficient (Wildman–Crippen LogP) is 3.76. The monoisotopic (exact) mass is 275 g/mol. The Morgan fingerprint density at radius 1 is 1.10 bits per heavy atom. The topological polar surface area (TPSA) is 29.1 Å². The molecule has 1 N–H and O–H groups in total. The van der Waals surface area contributed by atoms with Gasteiger partial charge in [-0.05, 0) is 32.0 Å². The summed E-state index contributed by atoms with van der Waals surface area (Å²) >= 11 is 0. The van der Waals surface area contributed by atoms with Gasteiger partial charge in [0.05, 0.1) is 6.04 Å². The summed E-state index contributed by atoms with van der Waals surface area (Å²) in [6.07, 6.45) is 0. The van der Waals surface area contributed by atoms with E-state index in [2.05, 4.69) is 5.32 Å². The number of amides is 1. The summed E-state index contributed by atoms with van der Waals surface area (Å²) in [4.78, 5) is 12.0. The number of hydrogen-bond acceptors (Lipinski definition) is 1. The zero-order chi connectivity index (χ0) is 14.7. The third kappa shape index (κ3) is 3.20. The SMILES string of the molecule is Cc1ccc(C(=O)NC(C)c2ccc(F)cc2F)cc1. The number of halogens is 2. The molecular formula is C16H15F2NO. The second kappa shape index (κ2) is 5.82. The van der Waals surface area contributed by atoms with Gasteiger partial charge in [0.15, 0.2) is 0 Å². The zero-order valence-corrected chi connectivity index (χ0v) is 11.3. The third-order valence-corrected chi connectivity index (χ3v) is 3.09. The van der Waals surface area contributed by atoms with E-state index in [4.69, 9.17) is 0 Å². The van der Waals surface area contributed by atoms with Gasteiger partial charge in [0.1, 0.15) is 11.6 Å². The molecule has 0 heterocycles. The number of nitrogens with one attached hydrogen (secondary N) is 1. The first-order valence-electron chi connectivity index (χ1n) is 6.30. The minimum absolute atomic E-state index is 0.256. The van der Waals surface area contributed by atoms with Crippen LogP contribution in [0, 0.1) is 18.6 Å². The van der Waals surface area contributed by atoms with E-state index in [-0.39, 0.29) is 11.5 Å². The van der Waals surface area contributed by atoms with Gasteiger partial charge in [0.25, 0.3) is 5.91 Å². The highest BCUT2D eigenvalue weighted by atomic mass is 19.1. The van der Waals surface area contributed by atoms with Crippen molar-refractivity contribution in [2.24, 2.45) is 0 Å². The van der Waals surface area contributed by atoms with Crippen molar-refractivity contribution in [3.05, 3.63) is 70.8 Å². The second-order valence-corrected chi connectivity index (χ2v) is 4.73. The molecule has 4 heteroatoms. The molecule has 0 radical (unpaired) electrons. The molecule has 1 amide bonds. The van der Waals surface area contributed by atoms with Crippen LogP contribution in [0.1, 0.15) is 34.5 Å². The van der Waals surface area contributed by atoms with Crippen LogP contribution in [-0.4, -0.2) is 5.91 Å². The Morgan fingerprint density at radius 2 is 1.75 bits per heavy atom. The normalized spacial score (nSPS) is 12.0. The van der Waals surface area contributed by atoms with Gasteiger partial charge in [0, 0.05) is 17.2 Å². The molecule has 0 aliphatic heterocycles. The molecule has 2 aromatic carbocycles. The van der Waals surface area contributed by atoms with Gasteiger partial charge >= 0.3 is 0 Å². The number of rotatable bonds is 3. The molecule has 0 bridgehead atoms. The number of carbonyl (C=O) groups is 1. The molecule has 0 spiro atoms. The fraction of sp³-hybridized carbons (Fsp3) is 0.188. The highest BCUT2D eigenvalue weighted by molar-refractivity contribution is 5.94. The lowest BCUT2D eigenvalue weighted by molar-refractivity contribution is 0.0939. The minimum Gasteiger partial charge on any atom is -0.345 e. The van der Waals surface area contributed by atoms with Crippen molar-refractivity contribution >= 4 is 5.91 Å². The van der Waals surface area contributed by atoms with Crippen molar-refractivity contribution in [2.45, 2.75) is 19.9 Å². The second-order valence-electron chi connectivity index (χ2n) is 4.73. The molecule has 1 atom stereocenters. The number of hydrogen-bond donors (Lipinski definition) is 1. The van der Waals surface area contributed by atoms with E-state index in [1.54, 1.807) is 19.1 Å². The first-order valence-corrected chi connectivity index (χ1v) is 6.30. The Hall–Kier alpha value is -2.23. The summed E-state index contributed by atoms with van der Waals surface area (Å²) < 4.78 is 26.5. The van der Waals surface area contributed by atoms with Crippen LogP contribution in [0.15, 0.2) is 42.5 Å². The van der Waals surface area contributed by atoms with Crippen LogP contribution in [0.25, 0.3) is 0 Å². The highest BCUT2D eigenvalue weighted by Gasteiger charge is 2.15. The van der Waals surface area contributed by atoms with E-state index < -0.39 is 17.7 Å². The van der Waals surface area contributed by atoms with E-state index in [9.17, 15) is 13.6 Å². The van der Waals surface area contributed by atoms with Crippen LogP contribution < -0.4 is 5.32 Å². The summed E-state index contributed by atoms with van der Waals surface area (Å²) in [7, 11) is 0. The molecule has 0 aromatic heterocycles. The Labute approximate surface area is 116 Å². The molecule has 2 rings (SSSR count). The Morgan fingerprint density at radius 3 is 2.35 bits per heavy atom. The van der Waals surface area contributed by atoms with Gasteiger partial charge in [-0.3, -0.25) is 4.79 Å². The Balaban J connectivity index is 2.12. The maximum Gasteiger partial charge on any atom is 0.251 e. The molecule has 0 aliphatic rings. The van der Waals surface area contributed by atoms with Crippen LogP contribution in [0.3, 0.4) is 0 Å². The number of aryl methyl sites for hydroxylation is 1. The quantitative estimate of drug-likeness (QED) is 0.907. The van der Waals surface area contributed by atoms with Gasteiger partial charge in [-0.2, -0.15) is 0 Å². The summed E-state index contributed by atoms with van der Waals surface area (Å²) in [5.74, 6) is -1.59. The molecule has 0 saturated heterocycles. The average molecular weight is 275 g/mol. The number of carbonyl (C=O) groups excluding carboxylic acids is 1. The van der Waals surface area contributed by atoms with Crippen molar-refractivity contribution in [3.8, 4) is 0 Å². The maximum absolute atomic E-state index is 13.6. The van der Waals surface area contributed by atoms with Gasteiger partial charge in [-0.1, -0.05) is 23.8 Å². The van der Waals surface area contributed by atoms with Crippen LogP contribution in [0.4, 0.5) is 8.78 Å². The molecular weight excluding hydrogens is 260 g/mol. The number of benzene rings is 2. The van der Waals surface area contributed by atoms with Crippen molar-refractivity contribution in [1.29, 1.82) is 0 Å². The molecule has 0 saturated carbocycles. The molecule has 20 heavy (non-hydrogen) atoms. The Kier molecular flexibility index (Phi) is 4.13. The molecule has 2 nitrogen and oxygen atoms in total. The van der Waals surface area contributed by atoms with Crippen molar-refractivity contribution in [3.63, 3.8) is 0 Å². The third-order valence-electron chi connectivity index (χ3n) is 3.09. The molecule has 1 unspecified atom stereocenters. The maximum atomic E-state index is 13.6. The van der Waals surface area contributed by atoms with Crippen LogP contribution in [0.2, 0.25) is 0 Å². The highest BCUT2D eigenvalue weighted by Crippen LogP contribution is 2.18. The summed E-state index contributed by atoms with van der Waals surface area (Å²) in [6.45, 7) is 3.58. The zero-order valence-electron chi connectivity index (χ0n) is 11.3. The molecule has 0 fully saturated rings. The first kappa shape index (κ1) is 14.2. The van der Waals surface area contributed by atoms with Gasteiger partial charge in [-0.15, -0.1) is 0 Å². The lowest BCUT2D eigenvalue weighted by atomic mass is 10.1. The van der Waals surface area contributed by atoms with E-state index in [0.29, 0.717) is 5.56 Å². The predicted molar refractivity (Wildman–Crippen MR) is 73.4 cm³/mol. The van der Waals surface area contributed by atoms with Gasteiger partial charge in [-0.25, -0.2) is 8.78 Å². The van der Waals surface area contributed by atoms with E-state index in [1.165, 1.54) is 12.1 Å². The molecule has 0 aliphatic carbocycles. The van der Waals surface area contributed by atoms with E-state index in [1.807, 2.05) is 19.1 Å². The van der Waals surface area contributed by atoms with Crippen molar-refractivity contribution < 1.29 is 13.6 Å². The standard InChI is InChI=1S/C16H15F2NO/c1-10-3-5-12(6-4-10)16(20)19-11(2)14-8-7-13(17)9-15(14)18/h3-9,11H,1-2H3,(H,19,20). The van der Waals surface area contributed by atoms with Gasteiger partial charge in [0.2, 0.25) is 0 Å². The molecule has 2 aromatic rings. The minimum atomic E-state index is -0.665. The largest absolute Gasteiger partial charge is 0.345 e. The first-order chi connectivity index (χ1) is 9.47. The van der Waals surface area contributed by atoms with E-state index >= 15 is 0 Å². The Bertz CT molecular complexity index is 623. The lowest BCUT2D eigenvalue weighted by Crippen LogP contribution is -2.27. The summed E-state index contributed by atoms with van der Waals surface area (Å²) in [5.41, 5.74) is 1.82. The summed E-state index contributed by atoms with van der Waals surface area (Å²) in [5, 5.41) is 2.69. The van der Waals surface area contributed by atoms with Crippen LogP contribution >= 0.6 is 0 Å². The smallest absolute Gasteiger partial charge is 0.251 e. The van der Waals surface area contributed by atoms with Gasteiger partial charge < -0.3 is 5.32 Å². The van der Waals surface area contributed by atoms with Crippen molar-refractivity contribution in [2.75, 3.05) is 0 Å². The average Bonchev–Trinajstić information content (AvgIpc) is 2.39. The van der Waals surface area contributed by atoms with E-state index in [0.717, 1.165) is 11.6 Å².